The molecule has 2 aromatic heterocycles. The molecule has 0 bridgehead atoms. The number of hydrogen-bond acceptors (Lipinski definition) is 4. The Kier molecular flexibility index (Phi) is 3.79. The van der Waals surface area contributed by atoms with E-state index >= 15 is 0 Å². The van der Waals surface area contributed by atoms with Crippen LogP contribution in [0.3, 0.4) is 0 Å². The van der Waals surface area contributed by atoms with Crippen molar-refractivity contribution < 1.29 is 0 Å². The van der Waals surface area contributed by atoms with Crippen molar-refractivity contribution in [3.63, 3.8) is 0 Å². The van der Waals surface area contributed by atoms with Crippen LogP contribution in [0.5, 0.6) is 0 Å². The van der Waals surface area contributed by atoms with Gasteiger partial charge >= 0.3 is 0 Å². The summed E-state index contributed by atoms with van der Waals surface area (Å²) >= 11 is 1.45. The minimum absolute atomic E-state index is 0.100. The zero-order valence-electron chi connectivity index (χ0n) is 11.5. The molecule has 2 radical (unpaired) electrons. The fraction of sp³-hybridized carbons (Fsp3) is 0.133. The Morgan fingerprint density at radius 3 is 2.81 bits per heavy atom. The first-order valence-electron chi connectivity index (χ1n) is 6.43. The molecule has 1 aromatic carbocycles. The van der Waals surface area contributed by atoms with E-state index < -0.39 is 0 Å². The number of benzene rings is 1. The highest BCUT2D eigenvalue weighted by molar-refractivity contribution is 7.98. The van der Waals surface area contributed by atoms with E-state index in [0.717, 1.165) is 10.9 Å². The maximum absolute atomic E-state index is 12.2. The number of hydrogen-bond donors (Lipinski definition) is 0. The van der Waals surface area contributed by atoms with Gasteiger partial charge in [-0.2, -0.15) is 0 Å². The van der Waals surface area contributed by atoms with Crippen LogP contribution >= 0.6 is 11.8 Å². The van der Waals surface area contributed by atoms with Gasteiger partial charge in [-0.25, -0.2) is 9.97 Å². The molecule has 0 aliphatic carbocycles. The summed E-state index contributed by atoms with van der Waals surface area (Å²) in [6.45, 7) is 0.397. The van der Waals surface area contributed by atoms with Gasteiger partial charge in [0.05, 0.1) is 6.54 Å². The van der Waals surface area contributed by atoms with Crippen molar-refractivity contribution in [2.24, 2.45) is 0 Å². The van der Waals surface area contributed by atoms with Gasteiger partial charge in [0.25, 0.3) is 5.56 Å². The Hall–Kier alpha value is -2.08. The van der Waals surface area contributed by atoms with Crippen molar-refractivity contribution in [3.8, 4) is 0 Å². The first-order valence-corrected chi connectivity index (χ1v) is 7.65. The summed E-state index contributed by atoms with van der Waals surface area (Å²) < 4.78 is 1.63. The molecule has 0 spiro atoms. The molecule has 21 heavy (non-hydrogen) atoms. The lowest BCUT2D eigenvalue weighted by molar-refractivity contribution is 0.775. The molecule has 0 atom stereocenters. The minimum atomic E-state index is -0.100. The lowest BCUT2D eigenvalue weighted by Gasteiger charge is -2.11. The highest BCUT2D eigenvalue weighted by Gasteiger charge is 2.08. The zero-order valence-corrected chi connectivity index (χ0v) is 12.3. The number of aromatic nitrogens is 3. The first-order chi connectivity index (χ1) is 10.2. The van der Waals surface area contributed by atoms with Crippen molar-refractivity contribution in [3.05, 3.63) is 58.5 Å². The molecule has 0 amide bonds. The Balaban J connectivity index is 2.19. The predicted octanol–water partition coefficient (Wildman–Crippen LogP) is 1.36. The number of rotatable bonds is 3. The quantitative estimate of drug-likeness (QED) is 0.415. The fourth-order valence-corrected chi connectivity index (χ4v) is 2.49. The number of fused-ring (bicyclic) bond motifs is 1. The Morgan fingerprint density at radius 1 is 1.24 bits per heavy atom. The van der Waals surface area contributed by atoms with Gasteiger partial charge in [0.2, 0.25) is 0 Å². The van der Waals surface area contributed by atoms with Crippen LogP contribution in [0.25, 0.3) is 11.0 Å². The van der Waals surface area contributed by atoms with E-state index in [-0.39, 0.29) is 5.56 Å². The van der Waals surface area contributed by atoms with Gasteiger partial charge in [0.1, 0.15) is 13.5 Å². The molecule has 3 aromatic rings. The molecule has 102 valence electrons. The largest absolute Gasteiger partial charge is 0.288 e. The van der Waals surface area contributed by atoms with E-state index in [1.807, 2.05) is 30.5 Å². The first kappa shape index (κ1) is 13.9. The number of nitrogens with zero attached hydrogens (tertiary/aromatic N) is 3. The van der Waals surface area contributed by atoms with Gasteiger partial charge < -0.3 is 0 Å². The van der Waals surface area contributed by atoms with Crippen LogP contribution in [0.4, 0.5) is 0 Å². The monoisotopic (exact) mass is 293 g/mol. The maximum Gasteiger partial charge on any atom is 0.252 e. The maximum atomic E-state index is 12.2. The summed E-state index contributed by atoms with van der Waals surface area (Å²) in [5, 5.41) is 1.48. The molecule has 2 heterocycles. The van der Waals surface area contributed by atoms with Crippen LogP contribution in [0.15, 0.2) is 52.5 Å². The van der Waals surface area contributed by atoms with Crippen LogP contribution in [0.1, 0.15) is 5.56 Å². The average molecular weight is 293 g/mol. The molecule has 0 saturated heterocycles. The van der Waals surface area contributed by atoms with Crippen LogP contribution in [0, 0.1) is 0 Å². The van der Waals surface area contributed by atoms with E-state index in [4.69, 9.17) is 7.85 Å². The molecule has 0 saturated carbocycles. The molecule has 0 aliphatic rings. The van der Waals surface area contributed by atoms with Gasteiger partial charge in [-0.3, -0.25) is 9.36 Å². The molecule has 0 unspecified atom stereocenters. The molecular weight excluding hydrogens is 281 g/mol. The molecule has 0 aliphatic heterocycles. The predicted molar refractivity (Wildman–Crippen MR) is 86.5 cm³/mol. The SMILES string of the molecule is [B]c1ccccc1Cn1c(=O)ccc2cnc(SC)nc21. The molecule has 0 fully saturated rings. The number of pyridine rings is 1. The summed E-state index contributed by atoms with van der Waals surface area (Å²) in [6, 6.07) is 10.8. The average Bonchev–Trinajstić information content (AvgIpc) is 2.51. The Morgan fingerprint density at radius 2 is 2.05 bits per heavy atom. The third kappa shape index (κ3) is 2.71. The van der Waals surface area contributed by atoms with Crippen molar-refractivity contribution >= 4 is 36.1 Å². The van der Waals surface area contributed by atoms with Crippen LogP contribution in [-0.4, -0.2) is 28.6 Å². The van der Waals surface area contributed by atoms with E-state index in [2.05, 4.69) is 9.97 Å². The van der Waals surface area contributed by atoms with Crippen molar-refractivity contribution in [2.75, 3.05) is 6.26 Å². The standard InChI is InChI=1S/C15H12BN3OS/c1-21-15-17-8-10-6-7-13(20)19(14(10)18-15)9-11-4-2-3-5-12(11)16/h2-8H,9H2,1H3. The molecule has 6 heteroatoms. The highest BCUT2D eigenvalue weighted by Crippen LogP contribution is 2.14. The third-order valence-electron chi connectivity index (χ3n) is 3.27. The molecule has 3 rings (SSSR count). The summed E-state index contributed by atoms with van der Waals surface area (Å²) in [4.78, 5) is 20.9. The molecular formula is C15H12BN3OS. The normalized spacial score (nSPS) is 10.9. The summed E-state index contributed by atoms with van der Waals surface area (Å²) in [5.41, 5.74) is 2.10. The summed E-state index contributed by atoms with van der Waals surface area (Å²) in [6.07, 6.45) is 3.64. The van der Waals surface area contributed by atoms with E-state index in [1.54, 1.807) is 16.8 Å². The highest BCUT2D eigenvalue weighted by atomic mass is 32.2. The zero-order chi connectivity index (χ0) is 14.8. The second-order valence-electron chi connectivity index (χ2n) is 4.59. The van der Waals surface area contributed by atoms with Crippen molar-refractivity contribution in [1.82, 2.24) is 14.5 Å². The second kappa shape index (κ2) is 5.73. The van der Waals surface area contributed by atoms with Crippen molar-refractivity contribution in [1.29, 1.82) is 0 Å². The van der Waals surface area contributed by atoms with Crippen LogP contribution in [-0.2, 0) is 6.54 Å². The van der Waals surface area contributed by atoms with E-state index in [1.165, 1.54) is 17.8 Å². The summed E-state index contributed by atoms with van der Waals surface area (Å²) in [7, 11) is 5.97. The lowest BCUT2D eigenvalue weighted by Crippen LogP contribution is -2.24. The van der Waals surface area contributed by atoms with E-state index in [0.29, 0.717) is 22.8 Å². The summed E-state index contributed by atoms with van der Waals surface area (Å²) in [5.74, 6) is 0. The Bertz CT molecular complexity index is 863. The van der Waals surface area contributed by atoms with Gasteiger partial charge in [0.15, 0.2) is 5.16 Å². The molecule has 0 N–H and O–H groups in total. The van der Waals surface area contributed by atoms with Gasteiger partial charge in [-0.05, 0) is 17.9 Å². The molecule has 4 nitrogen and oxygen atoms in total. The minimum Gasteiger partial charge on any atom is -0.288 e. The topological polar surface area (TPSA) is 47.8 Å². The third-order valence-corrected chi connectivity index (χ3v) is 3.83. The fourth-order valence-electron chi connectivity index (χ4n) is 2.16. The Labute approximate surface area is 127 Å². The van der Waals surface area contributed by atoms with Crippen LogP contribution in [0.2, 0.25) is 0 Å². The van der Waals surface area contributed by atoms with Gasteiger partial charge in [0, 0.05) is 17.6 Å². The van der Waals surface area contributed by atoms with Gasteiger partial charge in [-0.1, -0.05) is 41.5 Å². The smallest absolute Gasteiger partial charge is 0.252 e. The van der Waals surface area contributed by atoms with Gasteiger partial charge in [-0.15, -0.1) is 0 Å². The van der Waals surface area contributed by atoms with E-state index in [9.17, 15) is 4.79 Å². The van der Waals surface area contributed by atoms with Crippen molar-refractivity contribution in [2.45, 2.75) is 11.7 Å². The second-order valence-corrected chi connectivity index (χ2v) is 5.37. The number of thioether (sulfide) groups is 1. The lowest BCUT2D eigenvalue weighted by atomic mass is 9.90. The van der Waals surface area contributed by atoms with Crippen LogP contribution < -0.4 is 11.0 Å².